The summed E-state index contributed by atoms with van der Waals surface area (Å²) in [5, 5.41) is 8.80. The molecule has 0 spiro atoms. The van der Waals surface area contributed by atoms with Gasteiger partial charge in [-0.15, -0.1) is 0 Å². The Morgan fingerprint density at radius 3 is 2.40 bits per heavy atom. The van der Waals surface area contributed by atoms with E-state index in [1.807, 2.05) is 0 Å². The third-order valence-corrected chi connectivity index (χ3v) is 4.84. The van der Waals surface area contributed by atoms with Crippen LogP contribution >= 0.6 is 0 Å². The molecule has 0 aliphatic rings. The zero-order chi connectivity index (χ0) is 15.5. The molecule has 5 nitrogen and oxygen atoms in total. The summed E-state index contributed by atoms with van der Waals surface area (Å²) in [4.78, 5) is -0.664. The molecular formula is C12H18F2N2O3S. The smallest absolute Gasteiger partial charge is 0.246 e. The summed E-state index contributed by atoms with van der Waals surface area (Å²) in [7, 11) is -4.14. The van der Waals surface area contributed by atoms with Gasteiger partial charge < -0.3 is 10.8 Å². The van der Waals surface area contributed by atoms with E-state index in [9.17, 15) is 17.2 Å². The van der Waals surface area contributed by atoms with E-state index in [0.29, 0.717) is 6.07 Å². The van der Waals surface area contributed by atoms with Crippen LogP contribution in [0.2, 0.25) is 0 Å². The van der Waals surface area contributed by atoms with E-state index < -0.39 is 38.3 Å². The van der Waals surface area contributed by atoms with Crippen LogP contribution in [0.1, 0.15) is 20.3 Å². The van der Waals surface area contributed by atoms with E-state index in [4.69, 9.17) is 10.8 Å². The molecule has 0 aliphatic carbocycles. The van der Waals surface area contributed by atoms with Crippen molar-refractivity contribution in [3.63, 3.8) is 0 Å². The molecule has 0 amide bonds. The van der Waals surface area contributed by atoms with Crippen molar-refractivity contribution in [2.75, 3.05) is 18.9 Å². The van der Waals surface area contributed by atoms with Crippen LogP contribution in [-0.4, -0.2) is 37.0 Å². The van der Waals surface area contributed by atoms with Gasteiger partial charge in [0.25, 0.3) is 0 Å². The number of sulfonamides is 1. The highest BCUT2D eigenvalue weighted by Gasteiger charge is 2.30. The Morgan fingerprint density at radius 1 is 1.30 bits per heavy atom. The Balaban J connectivity index is 3.29. The number of hydrogen-bond acceptors (Lipinski definition) is 4. The van der Waals surface area contributed by atoms with Crippen molar-refractivity contribution < 1.29 is 22.3 Å². The van der Waals surface area contributed by atoms with Crippen LogP contribution in [0.15, 0.2) is 17.0 Å². The van der Waals surface area contributed by atoms with E-state index >= 15 is 0 Å². The van der Waals surface area contributed by atoms with Gasteiger partial charge in [-0.05, 0) is 26.3 Å². The molecule has 8 heteroatoms. The molecule has 0 bridgehead atoms. The number of benzene rings is 1. The van der Waals surface area contributed by atoms with Gasteiger partial charge >= 0.3 is 0 Å². The molecule has 0 fully saturated rings. The molecular weight excluding hydrogens is 290 g/mol. The SMILES string of the molecule is CC(C)N(CCCO)S(=O)(=O)c1cc(N)c(F)cc1F. The van der Waals surface area contributed by atoms with E-state index in [1.165, 1.54) is 0 Å². The van der Waals surface area contributed by atoms with Crippen molar-refractivity contribution in [2.45, 2.75) is 31.2 Å². The maximum Gasteiger partial charge on any atom is 0.246 e. The van der Waals surface area contributed by atoms with Crippen LogP contribution in [0, 0.1) is 11.6 Å². The fourth-order valence-corrected chi connectivity index (χ4v) is 3.51. The molecule has 0 heterocycles. The maximum atomic E-state index is 13.7. The lowest BCUT2D eigenvalue weighted by atomic mass is 10.3. The largest absolute Gasteiger partial charge is 0.396 e. The second-order valence-electron chi connectivity index (χ2n) is 4.59. The van der Waals surface area contributed by atoms with Gasteiger partial charge in [0.2, 0.25) is 10.0 Å². The number of nitrogens with two attached hydrogens (primary N) is 1. The van der Waals surface area contributed by atoms with Crippen LogP contribution in [0.25, 0.3) is 0 Å². The first kappa shape index (κ1) is 16.8. The highest BCUT2D eigenvalue weighted by molar-refractivity contribution is 7.89. The quantitative estimate of drug-likeness (QED) is 0.777. The van der Waals surface area contributed by atoms with Gasteiger partial charge in [-0.1, -0.05) is 0 Å². The molecule has 0 saturated carbocycles. The number of nitrogen functional groups attached to an aromatic ring is 1. The summed E-state index contributed by atoms with van der Waals surface area (Å²) >= 11 is 0. The topological polar surface area (TPSA) is 83.6 Å². The predicted molar refractivity (Wildman–Crippen MR) is 71.5 cm³/mol. The number of halogens is 2. The van der Waals surface area contributed by atoms with Gasteiger partial charge in [-0.2, -0.15) is 4.31 Å². The minimum Gasteiger partial charge on any atom is -0.396 e. The van der Waals surface area contributed by atoms with Crippen molar-refractivity contribution in [3.8, 4) is 0 Å². The van der Waals surface area contributed by atoms with E-state index in [1.54, 1.807) is 13.8 Å². The average Bonchev–Trinajstić information content (AvgIpc) is 2.33. The number of hydrogen-bond donors (Lipinski definition) is 2. The second-order valence-corrected chi connectivity index (χ2v) is 6.45. The summed E-state index contributed by atoms with van der Waals surface area (Å²) < 4.78 is 52.6. The lowest BCUT2D eigenvalue weighted by molar-refractivity contribution is 0.258. The number of anilines is 1. The van der Waals surface area contributed by atoms with Gasteiger partial charge in [0.05, 0.1) is 5.69 Å². The first-order chi connectivity index (χ1) is 9.21. The monoisotopic (exact) mass is 308 g/mol. The van der Waals surface area contributed by atoms with Gasteiger partial charge in [0.1, 0.15) is 16.5 Å². The molecule has 3 N–H and O–H groups in total. The van der Waals surface area contributed by atoms with Gasteiger partial charge in [0, 0.05) is 25.3 Å². The molecule has 1 aromatic rings. The molecule has 20 heavy (non-hydrogen) atoms. The molecule has 0 aromatic heterocycles. The zero-order valence-corrected chi connectivity index (χ0v) is 12.1. The summed E-state index contributed by atoms with van der Waals surface area (Å²) in [6.07, 6.45) is 0.218. The third-order valence-electron chi connectivity index (χ3n) is 2.75. The van der Waals surface area contributed by atoms with Crippen LogP contribution in [0.5, 0.6) is 0 Å². The lowest BCUT2D eigenvalue weighted by Gasteiger charge is -2.26. The number of aliphatic hydroxyl groups is 1. The molecule has 0 aliphatic heterocycles. The maximum absolute atomic E-state index is 13.7. The molecule has 1 rings (SSSR count). The third kappa shape index (κ3) is 3.44. The lowest BCUT2D eigenvalue weighted by Crippen LogP contribution is -2.38. The van der Waals surface area contributed by atoms with Crippen LogP contribution in [-0.2, 0) is 10.0 Å². The van der Waals surface area contributed by atoms with Crippen LogP contribution in [0.3, 0.4) is 0 Å². The Bertz CT molecular complexity index is 576. The minimum absolute atomic E-state index is 0.0349. The Hall–Kier alpha value is -1.25. The molecule has 114 valence electrons. The predicted octanol–water partition coefficient (Wildman–Crippen LogP) is 1.33. The summed E-state index contributed by atoms with van der Waals surface area (Å²) in [5.41, 5.74) is 4.86. The molecule has 1 aromatic carbocycles. The van der Waals surface area contributed by atoms with E-state index in [0.717, 1.165) is 10.4 Å². The Labute approximate surface area is 117 Å². The fourth-order valence-electron chi connectivity index (χ4n) is 1.75. The minimum atomic E-state index is -4.14. The first-order valence-electron chi connectivity index (χ1n) is 6.09. The van der Waals surface area contributed by atoms with Crippen molar-refractivity contribution in [2.24, 2.45) is 0 Å². The van der Waals surface area contributed by atoms with E-state index in [2.05, 4.69) is 0 Å². The van der Waals surface area contributed by atoms with Gasteiger partial charge in [-0.25, -0.2) is 17.2 Å². The highest BCUT2D eigenvalue weighted by Crippen LogP contribution is 2.25. The standard InChI is InChI=1S/C12H18F2N2O3S/c1-8(2)16(4-3-5-17)20(18,19)12-7-11(15)9(13)6-10(12)14/h6-8,17H,3-5,15H2,1-2H3. The Morgan fingerprint density at radius 2 is 1.90 bits per heavy atom. The number of aliphatic hydroxyl groups excluding tert-OH is 1. The van der Waals surface area contributed by atoms with Crippen molar-refractivity contribution >= 4 is 15.7 Å². The number of nitrogens with zero attached hydrogens (tertiary/aromatic N) is 1. The van der Waals surface area contributed by atoms with Gasteiger partial charge in [0.15, 0.2) is 0 Å². The molecule has 0 saturated heterocycles. The van der Waals surface area contributed by atoms with Crippen molar-refractivity contribution in [1.82, 2.24) is 4.31 Å². The van der Waals surface area contributed by atoms with Crippen LogP contribution in [0.4, 0.5) is 14.5 Å². The summed E-state index contributed by atoms with van der Waals surface area (Å²) in [6, 6.07) is 0.790. The van der Waals surface area contributed by atoms with Crippen LogP contribution < -0.4 is 5.73 Å². The van der Waals surface area contributed by atoms with Crippen molar-refractivity contribution in [1.29, 1.82) is 0 Å². The van der Waals surface area contributed by atoms with Gasteiger partial charge in [-0.3, -0.25) is 0 Å². The second kappa shape index (κ2) is 6.47. The molecule has 0 radical (unpaired) electrons. The zero-order valence-electron chi connectivity index (χ0n) is 11.3. The average molecular weight is 308 g/mol. The first-order valence-corrected chi connectivity index (χ1v) is 7.53. The summed E-state index contributed by atoms with van der Waals surface area (Å²) in [5.74, 6) is -2.20. The highest BCUT2D eigenvalue weighted by atomic mass is 32.2. The number of rotatable bonds is 6. The molecule has 0 atom stereocenters. The Kier molecular flexibility index (Phi) is 5.43. The van der Waals surface area contributed by atoms with Crippen molar-refractivity contribution in [3.05, 3.63) is 23.8 Å². The molecule has 0 unspecified atom stereocenters. The van der Waals surface area contributed by atoms with E-state index in [-0.39, 0.29) is 19.6 Å². The fraction of sp³-hybridized carbons (Fsp3) is 0.500. The summed E-state index contributed by atoms with van der Waals surface area (Å²) in [6.45, 7) is 3.10. The normalized spacial score (nSPS) is 12.3.